The molecule has 0 saturated carbocycles. The van der Waals surface area contributed by atoms with E-state index >= 15 is 0 Å². The molecule has 0 saturated heterocycles. The molecule has 1 aromatic carbocycles. The molecule has 1 atom stereocenters. The Labute approximate surface area is 129 Å². The van der Waals surface area contributed by atoms with Crippen LogP contribution in [0.25, 0.3) is 0 Å². The van der Waals surface area contributed by atoms with Gasteiger partial charge in [-0.2, -0.15) is 26.3 Å². The van der Waals surface area contributed by atoms with Crippen LogP contribution in [0, 0.1) is 0 Å². The molecule has 0 aliphatic carbocycles. The molecule has 0 radical (unpaired) electrons. The van der Waals surface area contributed by atoms with E-state index in [1.54, 1.807) is 26.0 Å². The number of alkyl halides is 7. The number of methoxy groups -OCH3 is 1. The molecule has 0 spiro atoms. The van der Waals surface area contributed by atoms with Crippen LogP contribution in [0.1, 0.15) is 43.4 Å². The third kappa shape index (κ3) is 3.97. The number of hydrogen-bond donors (Lipinski definition) is 0. The minimum Gasteiger partial charge on any atom is -0.377 e. The molecule has 0 amide bonds. The van der Waals surface area contributed by atoms with Crippen molar-refractivity contribution in [2.45, 2.75) is 50.3 Å². The fourth-order valence-corrected chi connectivity index (χ4v) is 2.30. The Morgan fingerprint density at radius 1 is 0.870 bits per heavy atom. The van der Waals surface area contributed by atoms with Gasteiger partial charge in [0.25, 0.3) is 0 Å². The molecule has 0 bridgehead atoms. The molecule has 23 heavy (non-hydrogen) atoms. The van der Waals surface area contributed by atoms with Crippen molar-refractivity contribution in [3.05, 3.63) is 35.4 Å². The number of ether oxygens (including phenoxy) is 1. The van der Waals surface area contributed by atoms with Gasteiger partial charge in [0.1, 0.15) is 0 Å². The van der Waals surface area contributed by atoms with Gasteiger partial charge < -0.3 is 4.74 Å². The maximum absolute atomic E-state index is 13.9. The van der Waals surface area contributed by atoms with Gasteiger partial charge in [-0.3, -0.25) is 0 Å². The first-order valence-electron chi connectivity index (χ1n) is 6.79. The summed E-state index contributed by atoms with van der Waals surface area (Å²) in [4.78, 5) is 0. The molecule has 0 aliphatic rings. The average Bonchev–Trinajstić information content (AvgIpc) is 2.42. The van der Waals surface area contributed by atoms with Gasteiger partial charge in [-0.05, 0) is 17.0 Å². The first-order valence-corrected chi connectivity index (χ1v) is 6.79. The zero-order chi connectivity index (χ0) is 18.1. The number of halogens is 7. The second-order valence-corrected chi connectivity index (χ2v) is 5.51. The topological polar surface area (TPSA) is 9.23 Å². The van der Waals surface area contributed by atoms with E-state index < -0.39 is 30.5 Å². The highest BCUT2D eigenvalue weighted by Gasteiger charge is 2.72. The average molecular weight is 346 g/mol. The molecular formula is C15H17F7O. The van der Waals surface area contributed by atoms with E-state index in [2.05, 4.69) is 0 Å². The summed E-state index contributed by atoms with van der Waals surface area (Å²) in [6, 6.07) is 5.96. The standard InChI is InChI=1S/C15H17F7O/c1-9(2)10-6-4-5-7-11(10)12(23-3)8-13(16,14(17,18)19)15(20,21)22/h4-7,9,12H,8H2,1-3H3. The predicted octanol–water partition coefficient (Wildman–Crippen LogP) is 5.72. The number of benzene rings is 1. The zero-order valence-corrected chi connectivity index (χ0v) is 12.7. The Morgan fingerprint density at radius 3 is 1.65 bits per heavy atom. The van der Waals surface area contributed by atoms with Crippen molar-refractivity contribution in [1.29, 1.82) is 0 Å². The molecule has 1 aromatic rings. The van der Waals surface area contributed by atoms with Crippen molar-refractivity contribution in [2.75, 3.05) is 7.11 Å². The smallest absolute Gasteiger partial charge is 0.377 e. The molecule has 8 heteroatoms. The van der Waals surface area contributed by atoms with Gasteiger partial charge in [0.05, 0.1) is 6.10 Å². The minimum absolute atomic E-state index is 0.112. The minimum atomic E-state index is -6.09. The second kappa shape index (κ2) is 6.67. The van der Waals surface area contributed by atoms with Crippen LogP contribution in [0.3, 0.4) is 0 Å². The molecule has 132 valence electrons. The lowest BCUT2D eigenvalue weighted by Gasteiger charge is -2.33. The van der Waals surface area contributed by atoms with Crippen LogP contribution in [-0.2, 0) is 4.74 Å². The molecule has 0 heterocycles. The summed E-state index contributed by atoms with van der Waals surface area (Å²) in [5.74, 6) is -0.172. The number of rotatable bonds is 5. The third-order valence-electron chi connectivity index (χ3n) is 3.61. The molecule has 0 aromatic heterocycles. The molecule has 1 unspecified atom stereocenters. The summed E-state index contributed by atoms with van der Waals surface area (Å²) >= 11 is 0. The SMILES string of the molecule is COC(CC(F)(C(F)(F)F)C(F)(F)F)c1ccccc1C(C)C. The molecule has 1 nitrogen and oxygen atoms in total. The summed E-state index contributed by atoms with van der Waals surface area (Å²) in [7, 11) is 0.953. The highest BCUT2D eigenvalue weighted by atomic mass is 19.4. The van der Waals surface area contributed by atoms with E-state index in [-0.39, 0.29) is 11.5 Å². The van der Waals surface area contributed by atoms with Crippen molar-refractivity contribution in [1.82, 2.24) is 0 Å². The Morgan fingerprint density at radius 2 is 1.30 bits per heavy atom. The summed E-state index contributed by atoms with van der Waals surface area (Å²) in [5.41, 5.74) is -4.73. The largest absolute Gasteiger partial charge is 0.431 e. The summed E-state index contributed by atoms with van der Waals surface area (Å²) < 4.78 is 95.0. The van der Waals surface area contributed by atoms with Crippen molar-refractivity contribution in [3.63, 3.8) is 0 Å². The van der Waals surface area contributed by atoms with Crippen LogP contribution < -0.4 is 0 Å². The van der Waals surface area contributed by atoms with E-state index in [4.69, 9.17) is 4.74 Å². The van der Waals surface area contributed by atoms with Gasteiger partial charge in [-0.15, -0.1) is 0 Å². The molecule has 0 N–H and O–H groups in total. The lowest BCUT2D eigenvalue weighted by Crippen LogP contribution is -2.54. The van der Waals surface area contributed by atoms with Crippen LogP contribution in [-0.4, -0.2) is 25.1 Å². The summed E-state index contributed by atoms with van der Waals surface area (Å²) in [5, 5.41) is 0. The number of hydrogen-bond acceptors (Lipinski definition) is 1. The zero-order valence-electron chi connectivity index (χ0n) is 12.7. The Hall–Kier alpha value is -1.31. The van der Waals surface area contributed by atoms with Gasteiger partial charge in [0.15, 0.2) is 0 Å². The van der Waals surface area contributed by atoms with Crippen molar-refractivity contribution >= 4 is 0 Å². The van der Waals surface area contributed by atoms with Crippen molar-refractivity contribution in [3.8, 4) is 0 Å². The maximum atomic E-state index is 13.9. The van der Waals surface area contributed by atoms with E-state index in [1.807, 2.05) is 0 Å². The summed E-state index contributed by atoms with van der Waals surface area (Å²) in [6.45, 7) is 3.45. The highest BCUT2D eigenvalue weighted by Crippen LogP contribution is 2.51. The van der Waals surface area contributed by atoms with Gasteiger partial charge in [-0.25, -0.2) is 4.39 Å². The lowest BCUT2D eigenvalue weighted by atomic mass is 9.87. The van der Waals surface area contributed by atoms with Gasteiger partial charge in [0.2, 0.25) is 0 Å². The quantitative estimate of drug-likeness (QED) is 0.620. The third-order valence-corrected chi connectivity index (χ3v) is 3.61. The fraction of sp³-hybridized carbons (Fsp3) is 0.600. The molecule has 0 aliphatic heterocycles. The van der Waals surface area contributed by atoms with E-state index in [1.165, 1.54) is 12.1 Å². The second-order valence-electron chi connectivity index (χ2n) is 5.51. The van der Waals surface area contributed by atoms with Crippen LogP contribution in [0.2, 0.25) is 0 Å². The van der Waals surface area contributed by atoms with Crippen molar-refractivity contribution < 1.29 is 35.5 Å². The lowest BCUT2D eigenvalue weighted by molar-refractivity contribution is -0.348. The normalized spacial score (nSPS) is 15.1. The van der Waals surface area contributed by atoms with Gasteiger partial charge in [0, 0.05) is 13.5 Å². The highest BCUT2D eigenvalue weighted by molar-refractivity contribution is 5.32. The molecule has 0 fully saturated rings. The molecular weight excluding hydrogens is 329 g/mol. The Kier molecular flexibility index (Phi) is 5.72. The first kappa shape index (κ1) is 19.7. The van der Waals surface area contributed by atoms with Crippen molar-refractivity contribution in [2.24, 2.45) is 0 Å². The van der Waals surface area contributed by atoms with E-state index in [9.17, 15) is 30.7 Å². The predicted molar refractivity (Wildman–Crippen MR) is 70.8 cm³/mol. The van der Waals surface area contributed by atoms with Crippen LogP contribution >= 0.6 is 0 Å². The maximum Gasteiger partial charge on any atom is 0.431 e. The molecule has 1 rings (SSSR count). The fourth-order valence-electron chi connectivity index (χ4n) is 2.30. The summed E-state index contributed by atoms with van der Waals surface area (Å²) in [6.07, 6.45) is -15.7. The Balaban J connectivity index is 3.32. The van der Waals surface area contributed by atoms with Crippen LogP contribution in [0.5, 0.6) is 0 Å². The first-order chi connectivity index (χ1) is 10.3. The van der Waals surface area contributed by atoms with Gasteiger partial charge >= 0.3 is 18.0 Å². The van der Waals surface area contributed by atoms with Gasteiger partial charge in [-0.1, -0.05) is 38.1 Å². The van der Waals surface area contributed by atoms with E-state index in [0.29, 0.717) is 5.56 Å². The van der Waals surface area contributed by atoms with Crippen LogP contribution in [0.15, 0.2) is 24.3 Å². The Bertz CT molecular complexity index is 505. The monoisotopic (exact) mass is 346 g/mol. The van der Waals surface area contributed by atoms with Crippen LogP contribution in [0.4, 0.5) is 30.7 Å². The van der Waals surface area contributed by atoms with E-state index in [0.717, 1.165) is 7.11 Å².